The number of hydrogen-bond donors (Lipinski definition) is 2. The normalized spacial score (nSPS) is 12.1. The Kier molecular flexibility index (Phi) is 8.02. The number of nitrogens with zero attached hydrogens (tertiary/aromatic N) is 1. The zero-order chi connectivity index (χ0) is 19.1. The SMILES string of the molecule is CSCC[C@H](NC(N)=O)C(=O)OCC(=O)c1cc(C)n(C(C)C)c1C. The second kappa shape index (κ2) is 9.50. The largest absolute Gasteiger partial charge is 0.456 e. The fraction of sp³-hybridized carbons (Fsp3) is 0.588. The summed E-state index contributed by atoms with van der Waals surface area (Å²) in [7, 11) is 0. The van der Waals surface area contributed by atoms with Gasteiger partial charge in [-0.25, -0.2) is 9.59 Å². The highest BCUT2D eigenvalue weighted by Crippen LogP contribution is 2.20. The summed E-state index contributed by atoms with van der Waals surface area (Å²) in [4.78, 5) is 35.5. The summed E-state index contributed by atoms with van der Waals surface area (Å²) in [6.45, 7) is 7.53. The van der Waals surface area contributed by atoms with Crippen LogP contribution in [-0.4, -0.2) is 47.0 Å². The van der Waals surface area contributed by atoms with Crippen molar-refractivity contribution in [3.63, 3.8) is 0 Å². The van der Waals surface area contributed by atoms with Crippen molar-refractivity contribution in [1.29, 1.82) is 0 Å². The minimum Gasteiger partial charge on any atom is -0.456 e. The Morgan fingerprint density at radius 2 is 1.96 bits per heavy atom. The first-order valence-corrected chi connectivity index (χ1v) is 9.51. The fourth-order valence-corrected chi connectivity index (χ4v) is 3.30. The molecule has 1 heterocycles. The molecule has 7 nitrogen and oxygen atoms in total. The van der Waals surface area contributed by atoms with Gasteiger partial charge in [0.15, 0.2) is 6.61 Å². The van der Waals surface area contributed by atoms with Gasteiger partial charge in [-0.3, -0.25) is 4.79 Å². The molecule has 0 spiro atoms. The molecule has 25 heavy (non-hydrogen) atoms. The van der Waals surface area contributed by atoms with Gasteiger partial charge in [-0.05, 0) is 52.2 Å². The lowest BCUT2D eigenvalue weighted by Gasteiger charge is -2.16. The molecule has 1 atom stereocenters. The van der Waals surface area contributed by atoms with Crippen LogP contribution in [0, 0.1) is 13.8 Å². The quantitative estimate of drug-likeness (QED) is 0.513. The van der Waals surface area contributed by atoms with Crippen LogP contribution in [-0.2, 0) is 9.53 Å². The van der Waals surface area contributed by atoms with Crippen LogP contribution in [0.3, 0.4) is 0 Å². The number of aromatic nitrogens is 1. The van der Waals surface area contributed by atoms with E-state index in [4.69, 9.17) is 10.5 Å². The van der Waals surface area contributed by atoms with E-state index in [9.17, 15) is 14.4 Å². The number of thioether (sulfide) groups is 1. The number of primary amides is 1. The smallest absolute Gasteiger partial charge is 0.329 e. The molecule has 0 saturated carbocycles. The first-order chi connectivity index (χ1) is 11.7. The average molecular weight is 369 g/mol. The van der Waals surface area contributed by atoms with Crippen molar-refractivity contribution in [3.05, 3.63) is 23.0 Å². The van der Waals surface area contributed by atoms with Crippen molar-refractivity contribution in [2.24, 2.45) is 5.73 Å². The molecule has 1 rings (SSSR count). The maximum atomic E-state index is 12.4. The molecule has 140 valence electrons. The molecule has 2 amide bonds. The van der Waals surface area contributed by atoms with Gasteiger partial charge in [-0.1, -0.05) is 0 Å². The van der Waals surface area contributed by atoms with Crippen LogP contribution in [0.2, 0.25) is 0 Å². The number of hydrogen-bond acceptors (Lipinski definition) is 5. The van der Waals surface area contributed by atoms with Gasteiger partial charge in [0.2, 0.25) is 5.78 Å². The molecule has 0 radical (unpaired) electrons. The van der Waals surface area contributed by atoms with Crippen LogP contribution < -0.4 is 11.1 Å². The van der Waals surface area contributed by atoms with Crippen LogP contribution >= 0.6 is 11.8 Å². The van der Waals surface area contributed by atoms with E-state index >= 15 is 0 Å². The molecule has 0 saturated heterocycles. The van der Waals surface area contributed by atoms with E-state index in [0.29, 0.717) is 17.7 Å². The Labute approximate surface area is 152 Å². The number of ether oxygens (including phenoxy) is 1. The fourth-order valence-electron chi connectivity index (χ4n) is 2.83. The van der Waals surface area contributed by atoms with E-state index in [2.05, 4.69) is 9.88 Å². The monoisotopic (exact) mass is 369 g/mol. The molecular formula is C17H27N3O4S. The third-order valence-electron chi connectivity index (χ3n) is 3.86. The number of urea groups is 1. The highest BCUT2D eigenvalue weighted by atomic mass is 32.2. The number of carbonyl (C=O) groups excluding carboxylic acids is 3. The molecule has 0 bridgehead atoms. The molecule has 0 aliphatic rings. The summed E-state index contributed by atoms with van der Waals surface area (Å²) < 4.78 is 7.17. The Morgan fingerprint density at radius 1 is 1.32 bits per heavy atom. The topological polar surface area (TPSA) is 103 Å². The third kappa shape index (κ3) is 5.81. The lowest BCUT2D eigenvalue weighted by molar-refractivity contribution is -0.144. The number of carbonyl (C=O) groups is 3. The van der Waals surface area contributed by atoms with Crippen molar-refractivity contribution >= 4 is 29.5 Å². The van der Waals surface area contributed by atoms with E-state index in [0.717, 1.165) is 11.4 Å². The van der Waals surface area contributed by atoms with E-state index in [1.807, 2.05) is 34.0 Å². The van der Waals surface area contributed by atoms with Crippen LogP contribution in [0.1, 0.15) is 48.1 Å². The summed E-state index contributed by atoms with van der Waals surface area (Å²) in [6, 6.07) is 0.397. The molecule has 1 aromatic heterocycles. The standard InChI is InChI=1S/C17H27N3O4S/c1-10(2)20-11(3)8-13(12(20)4)15(21)9-24-16(22)14(6-7-25-5)19-17(18)23/h8,10,14H,6-7,9H2,1-5H3,(H3,18,19,23)/t14-/m0/s1. The number of nitrogens with two attached hydrogens (primary N) is 1. The zero-order valence-corrected chi connectivity index (χ0v) is 16.2. The van der Waals surface area contributed by atoms with E-state index < -0.39 is 18.0 Å². The molecular weight excluding hydrogens is 342 g/mol. The van der Waals surface area contributed by atoms with Gasteiger partial charge >= 0.3 is 12.0 Å². The second-order valence-electron chi connectivity index (χ2n) is 6.12. The summed E-state index contributed by atoms with van der Waals surface area (Å²) in [5.74, 6) is -0.265. The molecule has 3 N–H and O–H groups in total. The highest BCUT2D eigenvalue weighted by Gasteiger charge is 2.23. The molecule has 0 fully saturated rings. The van der Waals surface area contributed by atoms with Crippen molar-refractivity contribution in [2.75, 3.05) is 18.6 Å². The Bertz CT molecular complexity index is 640. The lowest BCUT2D eigenvalue weighted by Crippen LogP contribution is -2.45. The van der Waals surface area contributed by atoms with Gasteiger partial charge in [0.05, 0.1) is 0 Å². The summed E-state index contributed by atoms with van der Waals surface area (Å²) in [5.41, 5.74) is 7.46. The number of nitrogens with one attached hydrogen (secondary N) is 1. The zero-order valence-electron chi connectivity index (χ0n) is 15.4. The van der Waals surface area contributed by atoms with Crippen LogP contribution in [0.25, 0.3) is 0 Å². The predicted molar refractivity (Wildman–Crippen MR) is 99.1 cm³/mol. The third-order valence-corrected chi connectivity index (χ3v) is 4.50. The van der Waals surface area contributed by atoms with Crippen molar-refractivity contribution in [3.8, 4) is 0 Å². The second-order valence-corrected chi connectivity index (χ2v) is 7.11. The summed E-state index contributed by atoms with van der Waals surface area (Å²) in [5, 5.41) is 2.35. The van der Waals surface area contributed by atoms with Gasteiger partial charge < -0.3 is 20.4 Å². The minimum atomic E-state index is -0.846. The van der Waals surface area contributed by atoms with Gasteiger partial charge in [0.25, 0.3) is 0 Å². The number of esters is 1. The molecule has 0 aromatic carbocycles. The predicted octanol–water partition coefficient (Wildman–Crippen LogP) is 2.20. The van der Waals surface area contributed by atoms with E-state index in [1.165, 1.54) is 11.8 Å². The van der Waals surface area contributed by atoms with E-state index in [1.54, 1.807) is 6.07 Å². The summed E-state index contributed by atoms with van der Waals surface area (Å²) >= 11 is 1.54. The molecule has 1 aromatic rings. The van der Waals surface area contributed by atoms with Crippen molar-refractivity contribution < 1.29 is 19.1 Å². The highest BCUT2D eigenvalue weighted by molar-refractivity contribution is 7.98. The number of ketones is 1. The summed E-state index contributed by atoms with van der Waals surface area (Å²) in [6.07, 6.45) is 2.28. The molecule has 0 unspecified atom stereocenters. The van der Waals surface area contributed by atoms with Gasteiger partial charge in [-0.15, -0.1) is 0 Å². The molecule has 0 aliphatic carbocycles. The maximum absolute atomic E-state index is 12.4. The first-order valence-electron chi connectivity index (χ1n) is 8.12. The lowest BCUT2D eigenvalue weighted by atomic mass is 10.1. The number of amides is 2. The van der Waals surface area contributed by atoms with Crippen LogP contribution in [0.5, 0.6) is 0 Å². The van der Waals surface area contributed by atoms with Crippen LogP contribution in [0.4, 0.5) is 4.79 Å². The number of Topliss-reactive ketones (excluding diaryl/α,β-unsaturated/α-hetero) is 1. The van der Waals surface area contributed by atoms with Gasteiger partial charge in [0, 0.05) is 23.0 Å². The Morgan fingerprint density at radius 3 is 2.44 bits per heavy atom. The molecule has 0 aliphatic heterocycles. The Hall–Kier alpha value is -1.96. The minimum absolute atomic E-state index is 0.236. The number of rotatable bonds is 9. The number of aryl methyl sites for hydroxylation is 1. The van der Waals surface area contributed by atoms with Crippen molar-refractivity contribution in [2.45, 2.75) is 46.2 Å². The van der Waals surface area contributed by atoms with Gasteiger partial charge in [-0.2, -0.15) is 11.8 Å². The molecule has 8 heteroatoms. The van der Waals surface area contributed by atoms with Crippen LogP contribution in [0.15, 0.2) is 6.07 Å². The first kappa shape index (κ1) is 21.1. The van der Waals surface area contributed by atoms with Gasteiger partial charge in [0.1, 0.15) is 6.04 Å². The van der Waals surface area contributed by atoms with E-state index in [-0.39, 0.29) is 18.4 Å². The average Bonchev–Trinajstić information content (AvgIpc) is 2.83. The maximum Gasteiger partial charge on any atom is 0.329 e. The van der Waals surface area contributed by atoms with Crippen molar-refractivity contribution in [1.82, 2.24) is 9.88 Å². The Balaban J connectivity index is 2.75.